The highest BCUT2D eigenvalue weighted by Crippen LogP contribution is 2.17. The Kier molecular flexibility index (Phi) is 2.63. The van der Waals surface area contributed by atoms with Gasteiger partial charge in [-0.2, -0.15) is 5.06 Å². The third kappa shape index (κ3) is 1.63. The van der Waals surface area contributed by atoms with Crippen LogP contribution in [0.25, 0.3) is 0 Å². The monoisotopic (exact) mass is 170 g/mol. The van der Waals surface area contributed by atoms with Crippen LogP contribution in [0.5, 0.6) is 0 Å². The molecule has 12 heavy (non-hydrogen) atoms. The topological polar surface area (TPSA) is 24.5 Å². The highest BCUT2D eigenvalue weighted by Gasteiger charge is 2.28. The fourth-order valence-corrected chi connectivity index (χ4v) is 2.11. The molecule has 2 atom stereocenters. The van der Waals surface area contributed by atoms with Gasteiger partial charge in [-0.3, -0.25) is 4.84 Å². The quantitative estimate of drug-likeness (QED) is 0.662. The third-order valence-electron chi connectivity index (χ3n) is 2.91. The first-order valence-corrected chi connectivity index (χ1v) is 5.01. The molecule has 0 aromatic rings. The SMILES string of the molecule is CC(C1CCCN1)N1CCCO1. The van der Waals surface area contributed by atoms with Crippen molar-refractivity contribution in [2.24, 2.45) is 0 Å². The van der Waals surface area contributed by atoms with E-state index in [0.717, 1.165) is 13.2 Å². The molecule has 70 valence electrons. The summed E-state index contributed by atoms with van der Waals surface area (Å²) in [7, 11) is 0. The Hall–Kier alpha value is -0.120. The molecule has 2 unspecified atom stereocenters. The van der Waals surface area contributed by atoms with Crippen LogP contribution in [0.4, 0.5) is 0 Å². The molecular formula is C9H18N2O. The zero-order chi connectivity index (χ0) is 8.39. The van der Waals surface area contributed by atoms with E-state index in [9.17, 15) is 0 Å². The molecule has 3 nitrogen and oxygen atoms in total. The van der Waals surface area contributed by atoms with Gasteiger partial charge >= 0.3 is 0 Å². The summed E-state index contributed by atoms with van der Waals surface area (Å²) in [5.41, 5.74) is 0. The van der Waals surface area contributed by atoms with Gasteiger partial charge < -0.3 is 5.32 Å². The van der Waals surface area contributed by atoms with Crippen LogP contribution in [0, 0.1) is 0 Å². The minimum atomic E-state index is 0.551. The van der Waals surface area contributed by atoms with E-state index in [2.05, 4.69) is 17.3 Å². The zero-order valence-corrected chi connectivity index (χ0v) is 7.75. The van der Waals surface area contributed by atoms with E-state index in [1.807, 2.05) is 0 Å². The first-order chi connectivity index (χ1) is 5.88. The van der Waals surface area contributed by atoms with Gasteiger partial charge in [0.15, 0.2) is 0 Å². The van der Waals surface area contributed by atoms with E-state index < -0.39 is 0 Å². The molecule has 2 aliphatic rings. The third-order valence-corrected chi connectivity index (χ3v) is 2.91. The van der Waals surface area contributed by atoms with Crippen LogP contribution in [-0.2, 0) is 4.84 Å². The number of nitrogens with zero attached hydrogens (tertiary/aromatic N) is 1. The van der Waals surface area contributed by atoms with Gasteiger partial charge in [-0.25, -0.2) is 0 Å². The Morgan fingerprint density at radius 2 is 2.42 bits per heavy atom. The number of rotatable bonds is 2. The van der Waals surface area contributed by atoms with Crippen LogP contribution in [0.1, 0.15) is 26.2 Å². The van der Waals surface area contributed by atoms with Crippen molar-refractivity contribution in [3.8, 4) is 0 Å². The number of hydrogen-bond acceptors (Lipinski definition) is 3. The highest BCUT2D eigenvalue weighted by atomic mass is 16.7. The Labute approximate surface area is 74.0 Å². The van der Waals surface area contributed by atoms with Crippen molar-refractivity contribution in [1.82, 2.24) is 10.4 Å². The van der Waals surface area contributed by atoms with E-state index in [4.69, 9.17) is 4.84 Å². The minimum absolute atomic E-state index is 0.551. The molecule has 0 aromatic carbocycles. The summed E-state index contributed by atoms with van der Waals surface area (Å²) in [6, 6.07) is 1.21. The van der Waals surface area contributed by atoms with Crippen molar-refractivity contribution in [3.05, 3.63) is 0 Å². The first kappa shape index (κ1) is 8.48. The van der Waals surface area contributed by atoms with Crippen molar-refractivity contribution < 1.29 is 4.84 Å². The van der Waals surface area contributed by atoms with Crippen LogP contribution in [0.15, 0.2) is 0 Å². The molecule has 0 aliphatic carbocycles. The lowest BCUT2D eigenvalue weighted by molar-refractivity contribution is -0.142. The second-order valence-corrected chi connectivity index (χ2v) is 3.77. The average molecular weight is 170 g/mol. The number of hydroxylamine groups is 2. The lowest BCUT2D eigenvalue weighted by Gasteiger charge is -2.27. The van der Waals surface area contributed by atoms with Gasteiger partial charge in [-0.15, -0.1) is 0 Å². The summed E-state index contributed by atoms with van der Waals surface area (Å²) >= 11 is 0. The Morgan fingerprint density at radius 1 is 1.50 bits per heavy atom. The second-order valence-electron chi connectivity index (χ2n) is 3.77. The zero-order valence-electron chi connectivity index (χ0n) is 7.75. The van der Waals surface area contributed by atoms with E-state index in [1.54, 1.807) is 0 Å². The minimum Gasteiger partial charge on any atom is -0.312 e. The van der Waals surface area contributed by atoms with E-state index in [-0.39, 0.29) is 0 Å². The molecule has 0 saturated carbocycles. The van der Waals surface area contributed by atoms with Gasteiger partial charge in [-0.05, 0) is 32.7 Å². The molecule has 1 N–H and O–H groups in total. The molecule has 0 amide bonds. The lowest BCUT2D eigenvalue weighted by atomic mass is 10.1. The van der Waals surface area contributed by atoms with Crippen molar-refractivity contribution in [3.63, 3.8) is 0 Å². The molecule has 2 heterocycles. The van der Waals surface area contributed by atoms with Gasteiger partial charge in [0.2, 0.25) is 0 Å². The van der Waals surface area contributed by atoms with Gasteiger partial charge in [0.1, 0.15) is 0 Å². The molecule has 0 spiro atoms. The van der Waals surface area contributed by atoms with Gasteiger partial charge in [0.05, 0.1) is 6.61 Å². The van der Waals surface area contributed by atoms with E-state index in [1.165, 1.54) is 25.8 Å². The highest BCUT2D eigenvalue weighted by molar-refractivity contribution is 4.83. The Bertz CT molecular complexity index is 123. The predicted molar refractivity (Wildman–Crippen MR) is 47.8 cm³/mol. The summed E-state index contributed by atoms with van der Waals surface area (Å²) in [4.78, 5) is 5.52. The second kappa shape index (κ2) is 3.73. The summed E-state index contributed by atoms with van der Waals surface area (Å²) in [6.45, 7) is 5.47. The summed E-state index contributed by atoms with van der Waals surface area (Å²) in [5.74, 6) is 0. The number of nitrogens with one attached hydrogen (secondary N) is 1. The predicted octanol–water partition coefficient (Wildman–Crippen LogP) is 0.764. The van der Waals surface area contributed by atoms with Gasteiger partial charge in [-0.1, -0.05) is 0 Å². The molecule has 0 bridgehead atoms. The molecule has 2 saturated heterocycles. The fourth-order valence-electron chi connectivity index (χ4n) is 2.11. The Balaban J connectivity index is 1.84. The van der Waals surface area contributed by atoms with Gasteiger partial charge in [0, 0.05) is 18.6 Å². The standard InChI is InChI=1S/C9H18N2O/c1-8(9-4-2-5-10-9)11-6-3-7-12-11/h8-10H,2-7H2,1H3. The molecule has 2 fully saturated rings. The van der Waals surface area contributed by atoms with Gasteiger partial charge in [0.25, 0.3) is 0 Å². The summed E-state index contributed by atoms with van der Waals surface area (Å²) in [5, 5.41) is 5.65. The smallest absolute Gasteiger partial charge is 0.0698 e. The largest absolute Gasteiger partial charge is 0.312 e. The van der Waals surface area contributed by atoms with Crippen LogP contribution in [-0.4, -0.2) is 36.8 Å². The van der Waals surface area contributed by atoms with Crippen molar-refractivity contribution in [2.75, 3.05) is 19.7 Å². The van der Waals surface area contributed by atoms with Crippen LogP contribution in [0.3, 0.4) is 0 Å². The summed E-state index contributed by atoms with van der Waals surface area (Å²) in [6.07, 6.45) is 3.82. The first-order valence-electron chi connectivity index (χ1n) is 5.01. The van der Waals surface area contributed by atoms with Crippen LogP contribution < -0.4 is 5.32 Å². The molecular weight excluding hydrogens is 152 g/mol. The van der Waals surface area contributed by atoms with Crippen molar-refractivity contribution in [2.45, 2.75) is 38.3 Å². The molecule has 2 aliphatic heterocycles. The maximum Gasteiger partial charge on any atom is 0.0698 e. The molecule has 0 radical (unpaired) electrons. The average Bonchev–Trinajstić information content (AvgIpc) is 2.77. The van der Waals surface area contributed by atoms with E-state index >= 15 is 0 Å². The lowest BCUT2D eigenvalue weighted by Crippen LogP contribution is -2.43. The van der Waals surface area contributed by atoms with Crippen LogP contribution in [0.2, 0.25) is 0 Å². The summed E-state index contributed by atoms with van der Waals surface area (Å²) < 4.78 is 0. The molecule has 0 aromatic heterocycles. The number of hydrogen-bond donors (Lipinski definition) is 1. The Morgan fingerprint density at radius 3 is 3.00 bits per heavy atom. The maximum absolute atomic E-state index is 5.52. The van der Waals surface area contributed by atoms with Crippen LogP contribution >= 0.6 is 0 Å². The maximum atomic E-state index is 5.52. The normalized spacial score (nSPS) is 34.2. The molecule has 3 heteroatoms. The fraction of sp³-hybridized carbons (Fsp3) is 1.00. The van der Waals surface area contributed by atoms with Crippen molar-refractivity contribution >= 4 is 0 Å². The van der Waals surface area contributed by atoms with E-state index in [0.29, 0.717) is 12.1 Å². The van der Waals surface area contributed by atoms with Crippen molar-refractivity contribution in [1.29, 1.82) is 0 Å². The molecule has 2 rings (SSSR count).